The highest BCUT2D eigenvalue weighted by Gasteiger charge is 2.21. The van der Waals surface area contributed by atoms with Gasteiger partial charge < -0.3 is 10.2 Å². The number of nitrogens with one attached hydrogen (secondary N) is 1. The number of hydrogen-bond donors (Lipinski definition) is 1. The molecule has 1 saturated heterocycles. The minimum atomic E-state index is 0.704. The van der Waals surface area contributed by atoms with E-state index in [9.17, 15) is 0 Å². The van der Waals surface area contributed by atoms with E-state index < -0.39 is 0 Å². The van der Waals surface area contributed by atoms with E-state index in [0.717, 1.165) is 19.0 Å². The molecule has 0 bridgehead atoms. The first-order valence-electron chi connectivity index (χ1n) is 8.02. The number of anilines is 1. The third-order valence-electron chi connectivity index (χ3n) is 4.09. The first-order valence-corrected chi connectivity index (χ1v) is 8.83. The number of thiazole rings is 1. The predicted octanol–water partition coefficient (Wildman–Crippen LogP) is 3.82. The number of nitrogens with zero attached hydrogens (tertiary/aromatic N) is 2. The number of piperidine rings is 1. The summed E-state index contributed by atoms with van der Waals surface area (Å²) in [7, 11) is 0. The maximum absolute atomic E-state index is 4.81. The van der Waals surface area contributed by atoms with Gasteiger partial charge in [0.1, 0.15) is 0 Å². The Hall–Kier alpha value is -0.610. The van der Waals surface area contributed by atoms with Gasteiger partial charge in [-0.1, -0.05) is 27.2 Å². The Labute approximate surface area is 127 Å². The molecule has 1 aromatic rings. The molecule has 1 aliphatic rings. The van der Waals surface area contributed by atoms with E-state index in [1.807, 2.05) is 11.3 Å². The molecule has 0 radical (unpaired) electrons. The number of hydrogen-bond acceptors (Lipinski definition) is 4. The van der Waals surface area contributed by atoms with E-state index in [1.165, 1.54) is 48.1 Å². The van der Waals surface area contributed by atoms with Gasteiger partial charge in [0.2, 0.25) is 0 Å². The van der Waals surface area contributed by atoms with Crippen LogP contribution in [0.15, 0.2) is 0 Å². The fraction of sp³-hybridized carbons (Fsp3) is 0.812. The lowest BCUT2D eigenvalue weighted by atomic mass is 9.96. The van der Waals surface area contributed by atoms with Crippen molar-refractivity contribution in [1.82, 2.24) is 10.3 Å². The maximum Gasteiger partial charge on any atom is 0.185 e. The molecule has 3 nitrogen and oxygen atoms in total. The molecule has 2 rings (SSSR count). The fourth-order valence-corrected chi connectivity index (χ4v) is 3.82. The van der Waals surface area contributed by atoms with Gasteiger partial charge in [-0.3, -0.25) is 0 Å². The standard InChI is InChI=1S/C16H29N3S/c1-5-14-7-6-8-19(11-14)16-18-13(4)15(20-16)10-17-9-12(2)3/h12,14,17H,5-11H2,1-4H3. The summed E-state index contributed by atoms with van der Waals surface area (Å²) in [5, 5.41) is 4.77. The lowest BCUT2D eigenvalue weighted by molar-refractivity contribution is 0.404. The highest BCUT2D eigenvalue weighted by molar-refractivity contribution is 7.15. The highest BCUT2D eigenvalue weighted by Crippen LogP contribution is 2.30. The van der Waals surface area contributed by atoms with E-state index in [1.54, 1.807) is 0 Å². The molecular formula is C16H29N3S. The zero-order chi connectivity index (χ0) is 14.5. The van der Waals surface area contributed by atoms with E-state index in [2.05, 4.69) is 37.9 Å². The van der Waals surface area contributed by atoms with Crippen LogP contribution >= 0.6 is 11.3 Å². The second kappa shape index (κ2) is 7.41. The van der Waals surface area contributed by atoms with Crippen molar-refractivity contribution in [2.75, 3.05) is 24.5 Å². The molecule has 0 saturated carbocycles. The molecule has 20 heavy (non-hydrogen) atoms. The molecule has 4 heteroatoms. The minimum absolute atomic E-state index is 0.704. The lowest BCUT2D eigenvalue weighted by Gasteiger charge is -2.31. The smallest absolute Gasteiger partial charge is 0.185 e. The van der Waals surface area contributed by atoms with E-state index in [-0.39, 0.29) is 0 Å². The van der Waals surface area contributed by atoms with Gasteiger partial charge in [0.15, 0.2) is 5.13 Å². The second-order valence-corrected chi connectivity index (χ2v) is 7.45. The van der Waals surface area contributed by atoms with Crippen molar-refractivity contribution in [3.05, 3.63) is 10.6 Å². The average molecular weight is 295 g/mol. The molecule has 1 atom stereocenters. The molecule has 1 aliphatic heterocycles. The van der Waals surface area contributed by atoms with Gasteiger partial charge in [-0.25, -0.2) is 4.98 Å². The van der Waals surface area contributed by atoms with Gasteiger partial charge in [0.25, 0.3) is 0 Å². The highest BCUT2D eigenvalue weighted by atomic mass is 32.1. The van der Waals surface area contributed by atoms with Crippen LogP contribution in [0.4, 0.5) is 5.13 Å². The Morgan fingerprint density at radius 2 is 2.25 bits per heavy atom. The Morgan fingerprint density at radius 1 is 1.45 bits per heavy atom. The molecule has 1 fully saturated rings. The van der Waals surface area contributed by atoms with Crippen molar-refractivity contribution in [2.45, 2.75) is 53.5 Å². The van der Waals surface area contributed by atoms with Gasteiger partial charge >= 0.3 is 0 Å². The molecule has 1 unspecified atom stereocenters. The first kappa shape index (κ1) is 15.8. The van der Waals surface area contributed by atoms with E-state index >= 15 is 0 Å². The number of rotatable bonds is 6. The monoisotopic (exact) mass is 295 g/mol. The Kier molecular flexibility index (Phi) is 5.85. The van der Waals surface area contributed by atoms with Gasteiger partial charge in [-0.15, -0.1) is 11.3 Å². The van der Waals surface area contributed by atoms with Crippen molar-refractivity contribution in [1.29, 1.82) is 0 Å². The molecule has 114 valence electrons. The predicted molar refractivity (Wildman–Crippen MR) is 88.6 cm³/mol. The molecule has 0 spiro atoms. The van der Waals surface area contributed by atoms with Crippen molar-refractivity contribution < 1.29 is 0 Å². The Morgan fingerprint density at radius 3 is 2.95 bits per heavy atom. The SMILES string of the molecule is CCC1CCCN(c2nc(C)c(CNCC(C)C)s2)C1. The summed E-state index contributed by atoms with van der Waals surface area (Å²) in [5.74, 6) is 1.56. The summed E-state index contributed by atoms with van der Waals surface area (Å²) < 4.78 is 0. The molecule has 0 aliphatic carbocycles. The summed E-state index contributed by atoms with van der Waals surface area (Å²) in [6.45, 7) is 13.4. The van der Waals surface area contributed by atoms with Gasteiger partial charge in [0, 0.05) is 24.5 Å². The van der Waals surface area contributed by atoms with Crippen LogP contribution < -0.4 is 10.2 Å². The summed E-state index contributed by atoms with van der Waals surface area (Å²) in [5.41, 5.74) is 1.21. The van der Waals surface area contributed by atoms with Crippen LogP contribution in [0.3, 0.4) is 0 Å². The molecule has 1 aromatic heterocycles. The van der Waals surface area contributed by atoms with Gasteiger partial charge in [0.05, 0.1) is 5.69 Å². The Balaban J connectivity index is 1.95. The van der Waals surface area contributed by atoms with Gasteiger partial charge in [-0.05, 0) is 38.1 Å². The molecule has 0 amide bonds. The van der Waals surface area contributed by atoms with Gasteiger partial charge in [-0.2, -0.15) is 0 Å². The molecule has 1 N–H and O–H groups in total. The average Bonchev–Trinajstić information content (AvgIpc) is 2.80. The number of aryl methyl sites for hydroxylation is 1. The third kappa shape index (κ3) is 4.19. The second-order valence-electron chi connectivity index (χ2n) is 6.39. The quantitative estimate of drug-likeness (QED) is 0.864. The number of aromatic nitrogens is 1. The Bertz CT molecular complexity index is 414. The van der Waals surface area contributed by atoms with E-state index in [4.69, 9.17) is 4.98 Å². The van der Waals surface area contributed by atoms with E-state index in [0.29, 0.717) is 5.92 Å². The van der Waals surface area contributed by atoms with Crippen LogP contribution in [0.2, 0.25) is 0 Å². The van der Waals surface area contributed by atoms with Crippen LogP contribution in [-0.2, 0) is 6.54 Å². The van der Waals surface area contributed by atoms with Crippen LogP contribution in [0.1, 0.15) is 50.6 Å². The zero-order valence-corrected chi connectivity index (χ0v) is 14.2. The topological polar surface area (TPSA) is 28.2 Å². The largest absolute Gasteiger partial charge is 0.348 e. The third-order valence-corrected chi connectivity index (χ3v) is 5.30. The van der Waals surface area contributed by atoms with Crippen LogP contribution in [0, 0.1) is 18.8 Å². The molecule has 0 aromatic carbocycles. The zero-order valence-electron chi connectivity index (χ0n) is 13.4. The minimum Gasteiger partial charge on any atom is -0.348 e. The van der Waals surface area contributed by atoms with Crippen molar-refractivity contribution >= 4 is 16.5 Å². The summed E-state index contributed by atoms with van der Waals surface area (Å²) in [6.07, 6.45) is 4.00. The lowest BCUT2D eigenvalue weighted by Crippen LogP contribution is -2.35. The maximum atomic E-state index is 4.81. The molecular weight excluding hydrogens is 266 g/mol. The summed E-state index contributed by atoms with van der Waals surface area (Å²) in [4.78, 5) is 8.71. The fourth-order valence-electron chi connectivity index (χ4n) is 2.76. The van der Waals surface area contributed by atoms with Crippen molar-refractivity contribution in [2.24, 2.45) is 11.8 Å². The summed E-state index contributed by atoms with van der Waals surface area (Å²) >= 11 is 1.88. The van der Waals surface area contributed by atoms with Crippen molar-refractivity contribution in [3.63, 3.8) is 0 Å². The molecule has 2 heterocycles. The van der Waals surface area contributed by atoms with Crippen LogP contribution in [0.5, 0.6) is 0 Å². The summed E-state index contributed by atoms with van der Waals surface area (Å²) in [6, 6.07) is 0. The normalized spacial score (nSPS) is 19.9. The first-order chi connectivity index (χ1) is 9.60. The van der Waals surface area contributed by atoms with Crippen LogP contribution in [0.25, 0.3) is 0 Å². The van der Waals surface area contributed by atoms with Crippen molar-refractivity contribution in [3.8, 4) is 0 Å². The van der Waals surface area contributed by atoms with Crippen LogP contribution in [-0.4, -0.2) is 24.6 Å².